The second kappa shape index (κ2) is 6.57. The lowest BCUT2D eigenvalue weighted by Crippen LogP contribution is -2.44. The Kier molecular flexibility index (Phi) is 4.29. The van der Waals surface area contributed by atoms with Crippen molar-refractivity contribution >= 4 is 29.1 Å². The molecule has 5 nitrogen and oxygen atoms in total. The number of hydrogen-bond acceptors (Lipinski definition) is 5. The van der Waals surface area contributed by atoms with Crippen LogP contribution >= 0.6 is 11.6 Å². The van der Waals surface area contributed by atoms with Crippen molar-refractivity contribution in [2.75, 3.05) is 17.7 Å². The van der Waals surface area contributed by atoms with Gasteiger partial charge in [-0.3, -0.25) is 0 Å². The van der Waals surface area contributed by atoms with Gasteiger partial charge in [0.1, 0.15) is 5.82 Å². The van der Waals surface area contributed by atoms with Crippen molar-refractivity contribution in [3.63, 3.8) is 0 Å². The molecule has 2 aliphatic heterocycles. The van der Waals surface area contributed by atoms with E-state index in [2.05, 4.69) is 32.5 Å². The second-order valence-corrected chi connectivity index (χ2v) is 7.20. The van der Waals surface area contributed by atoms with E-state index in [1.165, 1.54) is 25.7 Å². The quantitative estimate of drug-likeness (QED) is 0.881. The lowest BCUT2D eigenvalue weighted by Gasteiger charge is -2.36. The minimum Gasteiger partial charge on any atom is -0.367 e. The summed E-state index contributed by atoms with van der Waals surface area (Å²) in [5, 5.41) is 7.49. The molecule has 3 heterocycles. The highest BCUT2D eigenvalue weighted by molar-refractivity contribution is 6.30. The lowest BCUT2D eigenvalue weighted by molar-refractivity contribution is 0.169. The van der Waals surface area contributed by atoms with Crippen LogP contribution < -0.4 is 10.6 Å². The van der Waals surface area contributed by atoms with Gasteiger partial charge in [0.25, 0.3) is 0 Å². The number of halogens is 1. The van der Waals surface area contributed by atoms with E-state index < -0.39 is 0 Å². The van der Waals surface area contributed by atoms with Crippen LogP contribution in [0.4, 0.5) is 17.5 Å². The Balaban J connectivity index is 1.43. The second-order valence-electron chi connectivity index (χ2n) is 6.76. The topological polar surface area (TPSA) is 53.1 Å². The van der Waals surface area contributed by atoms with E-state index in [1.807, 2.05) is 30.3 Å². The fourth-order valence-electron chi connectivity index (χ4n) is 3.93. The summed E-state index contributed by atoms with van der Waals surface area (Å²) in [5.74, 6) is 1.46. The zero-order valence-corrected chi connectivity index (χ0v) is 14.5. The average molecular weight is 344 g/mol. The number of aromatic nitrogens is 2. The van der Waals surface area contributed by atoms with Gasteiger partial charge in [0.15, 0.2) is 0 Å². The summed E-state index contributed by atoms with van der Waals surface area (Å²) in [6.07, 6.45) is 6.81. The van der Waals surface area contributed by atoms with Gasteiger partial charge in [-0.1, -0.05) is 17.7 Å². The van der Waals surface area contributed by atoms with Gasteiger partial charge in [-0.25, -0.2) is 4.98 Å². The van der Waals surface area contributed by atoms with Gasteiger partial charge in [-0.15, -0.1) is 0 Å². The first-order valence-corrected chi connectivity index (χ1v) is 8.89. The summed E-state index contributed by atoms with van der Waals surface area (Å²) >= 11 is 6.02. The standard InChI is InChI=1S/C18H22ClN5/c1-24-15-5-6-16(24)11-14(10-15)21-17-7-8-20-18(23-17)22-13-4-2-3-12(19)9-13/h2-4,7-9,14-16H,5-6,10-11H2,1H3,(H2,20,21,22,23). The number of benzene rings is 1. The van der Waals surface area contributed by atoms with Crippen LogP contribution in [0.25, 0.3) is 0 Å². The number of piperidine rings is 1. The van der Waals surface area contributed by atoms with Gasteiger partial charge in [0.2, 0.25) is 5.95 Å². The number of rotatable bonds is 4. The molecule has 6 heteroatoms. The fraction of sp³-hybridized carbons (Fsp3) is 0.444. The molecule has 0 spiro atoms. The highest BCUT2D eigenvalue weighted by Crippen LogP contribution is 2.35. The predicted octanol–water partition coefficient (Wildman–Crippen LogP) is 3.91. The summed E-state index contributed by atoms with van der Waals surface area (Å²) < 4.78 is 0. The minimum atomic E-state index is 0.493. The first-order chi connectivity index (χ1) is 11.7. The van der Waals surface area contributed by atoms with Gasteiger partial charge in [-0.2, -0.15) is 4.98 Å². The molecule has 2 fully saturated rings. The van der Waals surface area contributed by atoms with Crippen LogP contribution in [0.1, 0.15) is 25.7 Å². The molecule has 0 amide bonds. The molecule has 24 heavy (non-hydrogen) atoms. The molecule has 1 aromatic heterocycles. The van der Waals surface area contributed by atoms with E-state index >= 15 is 0 Å². The molecule has 2 unspecified atom stereocenters. The highest BCUT2D eigenvalue weighted by Gasteiger charge is 2.38. The van der Waals surface area contributed by atoms with Crippen LogP contribution in [0.2, 0.25) is 5.02 Å². The van der Waals surface area contributed by atoms with Crippen LogP contribution in [0.5, 0.6) is 0 Å². The molecule has 4 rings (SSSR count). The van der Waals surface area contributed by atoms with Crippen LogP contribution in [-0.2, 0) is 0 Å². The van der Waals surface area contributed by atoms with Crippen molar-refractivity contribution in [3.05, 3.63) is 41.6 Å². The summed E-state index contributed by atoms with van der Waals surface area (Å²) in [5.41, 5.74) is 0.886. The molecule has 1 aromatic carbocycles. The molecule has 2 aromatic rings. The number of anilines is 3. The Morgan fingerprint density at radius 1 is 1.17 bits per heavy atom. The monoisotopic (exact) mass is 343 g/mol. The van der Waals surface area contributed by atoms with Crippen LogP contribution in [0.15, 0.2) is 36.5 Å². The van der Waals surface area contributed by atoms with Crippen LogP contribution in [-0.4, -0.2) is 40.0 Å². The molecule has 0 saturated carbocycles. The molecular formula is C18H22ClN5. The number of fused-ring (bicyclic) bond motifs is 2. The maximum atomic E-state index is 6.02. The molecule has 2 atom stereocenters. The molecule has 0 radical (unpaired) electrons. The van der Waals surface area contributed by atoms with Gasteiger partial charge in [0.05, 0.1) is 0 Å². The Hall–Kier alpha value is -1.85. The molecule has 2 aliphatic rings. The number of nitrogens with zero attached hydrogens (tertiary/aromatic N) is 3. The summed E-state index contributed by atoms with van der Waals surface area (Å²) in [7, 11) is 2.26. The molecular weight excluding hydrogens is 322 g/mol. The smallest absolute Gasteiger partial charge is 0.229 e. The zero-order valence-electron chi connectivity index (χ0n) is 13.7. The van der Waals surface area contributed by atoms with E-state index in [1.54, 1.807) is 6.20 Å². The van der Waals surface area contributed by atoms with Gasteiger partial charge >= 0.3 is 0 Å². The van der Waals surface area contributed by atoms with Gasteiger partial charge in [-0.05, 0) is 57.0 Å². The van der Waals surface area contributed by atoms with Crippen molar-refractivity contribution in [3.8, 4) is 0 Å². The lowest BCUT2D eigenvalue weighted by atomic mass is 9.98. The Morgan fingerprint density at radius 3 is 2.71 bits per heavy atom. The Morgan fingerprint density at radius 2 is 1.96 bits per heavy atom. The van der Waals surface area contributed by atoms with Crippen molar-refractivity contribution in [1.82, 2.24) is 14.9 Å². The maximum Gasteiger partial charge on any atom is 0.229 e. The summed E-state index contributed by atoms with van der Waals surface area (Å²) in [6, 6.07) is 11.4. The van der Waals surface area contributed by atoms with Crippen molar-refractivity contribution in [2.24, 2.45) is 0 Å². The summed E-state index contributed by atoms with van der Waals surface area (Å²) in [6.45, 7) is 0. The zero-order chi connectivity index (χ0) is 16.5. The largest absolute Gasteiger partial charge is 0.367 e. The molecule has 126 valence electrons. The number of nitrogens with one attached hydrogen (secondary N) is 2. The molecule has 2 saturated heterocycles. The third-order valence-corrected chi connectivity index (χ3v) is 5.42. The van der Waals surface area contributed by atoms with Crippen LogP contribution in [0.3, 0.4) is 0 Å². The van der Waals surface area contributed by atoms with Crippen LogP contribution in [0, 0.1) is 0 Å². The first-order valence-electron chi connectivity index (χ1n) is 8.51. The van der Waals surface area contributed by atoms with Gasteiger partial charge < -0.3 is 15.5 Å². The first kappa shape index (κ1) is 15.7. The average Bonchev–Trinajstić information content (AvgIpc) is 2.77. The molecule has 0 aliphatic carbocycles. The van der Waals surface area contributed by atoms with E-state index in [0.29, 0.717) is 29.1 Å². The van der Waals surface area contributed by atoms with Crippen molar-refractivity contribution in [2.45, 2.75) is 43.8 Å². The SMILES string of the molecule is CN1C2CCC1CC(Nc1ccnc(Nc3cccc(Cl)c3)n1)C2. The van der Waals surface area contributed by atoms with Crippen molar-refractivity contribution in [1.29, 1.82) is 0 Å². The third-order valence-electron chi connectivity index (χ3n) is 5.19. The third kappa shape index (κ3) is 3.32. The normalized spacial score (nSPS) is 26.3. The molecule has 2 bridgehead atoms. The summed E-state index contributed by atoms with van der Waals surface area (Å²) in [4.78, 5) is 11.4. The van der Waals surface area contributed by atoms with E-state index in [4.69, 9.17) is 11.6 Å². The van der Waals surface area contributed by atoms with E-state index in [9.17, 15) is 0 Å². The number of hydrogen-bond donors (Lipinski definition) is 2. The Bertz CT molecular complexity index is 708. The predicted molar refractivity (Wildman–Crippen MR) is 98.0 cm³/mol. The highest BCUT2D eigenvalue weighted by atomic mass is 35.5. The minimum absolute atomic E-state index is 0.493. The van der Waals surface area contributed by atoms with E-state index in [0.717, 1.165) is 11.5 Å². The molecule has 2 N–H and O–H groups in total. The fourth-order valence-corrected chi connectivity index (χ4v) is 4.12. The van der Waals surface area contributed by atoms with Gasteiger partial charge in [0, 0.05) is 35.0 Å². The maximum absolute atomic E-state index is 6.02. The van der Waals surface area contributed by atoms with E-state index in [-0.39, 0.29) is 0 Å². The van der Waals surface area contributed by atoms with Crippen molar-refractivity contribution < 1.29 is 0 Å². The Labute approximate surface area is 147 Å².